The van der Waals surface area contributed by atoms with E-state index in [1.54, 1.807) is 0 Å². The van der Waals surface area contributed by atoms with Crippen molar-refractivity contribution in [3.63, 3.8) is 0 Å². The van der Waals surface area contributed by atoms with E-state index in [1.807, 2.05) is 18.0 Å². The molecule has 0 unspecified atom stereocenters. The quantitative estimate of drug-likeness (QED) is 0.666. The van der Waals surface area contributed by atoms with Gasteiger partial charge in [-0.15, -0.1) is 0 Å². The minimum absolute atomic E-state index is 0.0289. The van der Waals surface area contributed by atoms with E-state index in [0.29, 0.717) is 47.2 Å². The fourth-order valence-corrected chi connectivity index (χ4v) is 4.83. The van der Waals surface area contributed by atoms with Gasteiger partial charge in [-0.25, -0.2) is 9.97 Å². The second-order valence-electron chi connectivity index (χ2n) is 9.54. The molecule has 2 aliphatic heterocycles. The Morgan fingerprint density at radius 3 is 2.78 bits per heavy atom. The normalized spacial score (nSPS) is 19.9. The number of hydrogen-bond donors (Lipinski definition) is 1. The summed E-state index contributed by atoms with van der Waals surface area (Å²) in [5.74, 6) is 1.67. The van der Waals surface area contributed by atoms with Crippen molar-refractivity contribution in [1.29, 1.82) is 0 Å². The smallest absolute Gasteiger partial charge is 0.258 e. The van der Waals surface area contributed by atoms with Crippen molar-refractivity contribution in [3.8, 4) is 0 Å². The summed E-state index contributed by atoms with van der Waals surface area (Å²) >= 11 is 0. The Kier molecular flexibility index (Phi) is 4.47. The second-order valence-corrected chi connectivity index (χ2v) is 9.54. The second kappa shape index (κ2) is 7.27. The van der Waals surface area contributed by atoms with E-state index in [-0.39, 0.29) is 11.4 Å². The number of anilines is 1. The van der Waals surface area contributed by atoms with Gasteiger partial charge in [0.2, 0.25) is 5.71 Å². The average Bonchev–Trinajstić information content (AvgIpc) is 3.22. The molecule has 1 N–H and O–H groups in total. The number of amides is 1. The van der Waals surface area contributed by atoms with Crippen LogP contribution >= 0.6 is 0 Å². The Hall–Kier alpha value is -3.00. The third kappa shape index (κ3) is 3.33. The number of pyridine rings is 1. The number of aryl methyl sites for hydroxylation is 1. The van der Waals surface area contributed by atoms with Crippen LogP contribution in [0, 0.1) is 6.92 Å². The number of furan rings is 1. The first-order valence-electron chi connectivity index (χ1n) is 11.4. The highest BCUT2D eigenvalue weighted by molar-refractivity contribution is 6.10. The molecule has 1 saturated heterocycles. The molecule has 1 aliphatic carbocycles. The molecule has 166 valence electrons. The molecule has 1 saturated carbocycles. The van der Waals surface area contributed by atoms with E-state index >= 15 is 0 Å². The SMILES string of the molecule is Cc1oc2ncnc(NC3(C)CC3)c2c1C(=O)N1Cc2cc(C3CCOCC3)cnc2C1. The average molecular weight is 434 g/mol. The van der Waals surface area contributed by atoms with Gasteiger partial charge in [0.1, 0.15) is 17.9 Å². The molecule has 3 aromatic rings. The van der Waals surface area contributed by atoms with E-state index < -0.39 is 0 Å². The molecule has 3 aromatic heterocycles. The van der Waals surface area contributed by atoms with Gasteiger partial charge in [0, 0.05) is 31.5 Å². The summed E-state index contributed by atoms with van der Waals surface area (Å²) in [4.78, 5) is 28.9. The molecule has 1 amide bonds. The lowest BCUT2D eigenvalue weighted by Crippen LogP contribution is -2.26. The highest BCUT2D eigenvalue weighted by Gasteiger charge is 2.39. The maximum absolute atomic E-state index is 13.7. The van der Waals surface area contributed by atoms with Gasteiger partial charge < -0.3 is 19.4 Å². The molecule has 2 fully saturated rings. The number of ether oxygens (including phenoxy) is 1. The van der Waals surface area contributed by atoms with Crippen molar-refractivity contribution in [2.45, 2.75) is 64.1 Å². The predicted octanol–water partition coefficient (Wildman–Crippen LogP) is 3.94. The van der Waals surface area contributed by atoms with Gasteiger partial charge in [-0.3, -0.25) is 9.78 Å². The fourth-order valence-electron chi connectivity index (χ4n) is 4.83. The number of aromatic nitrogens is 3. The van der Waals surface area contributed by atoms with E-state index in [4.69, 9.17) is 14.1 Å². The topological polar surface area (TPSA) is 93.4 Å². The molecular formula is C24H27N5O3. The van der Waals surface area contributed by atoms with E-state index in [0.717, 1.165) is 50.2 Å². The van der Waals surface area contributed by atoms with Crippen LogP contribution in [0.2, 0.25) is 0 Å². The zero-order chi connectivity index (χ0) is 21.9. The maximum atomic E-state index is 13.7. The van der Waals surface area contributed by atoms with Crippen LogP contribution in [-0.4, -0.2) is 44.5 Å². The van der Waals surface area contributed by atoms with Crippen LogP contribution < -0.4 is 5.32 Å². The Labute approximate surface area is 186 Å². The monoisotopic (exact) mass is 433 g/mol. The summed E-state index contributed by atoms with van der Waals surface area (Å²) in [5.41, 5.74) is 4.38. The Morgan fingerprint density at radius 2 is 2.00 bits per heavy atom. The largest absolute Gasteiger partial charge is 0.442 e. The van der Waals surface area contributed by atoms with E-state index in [2.05, 4.69) is 28.3 Å². The minimum Gasteiger partial charge on any atom is -0.442 e. The summed E-state index contributed by atoms with van der Waals surface area (Å²) in [7, 11) is 0. The minimum atomic E-state index is -0.0642. The number of nitrogens with one attached hydrogen (secondary N) is 1. The summed E-state index contributed by atoms with van der Waals surface area (Å²) in [5, 5.41) is 4.17. The van der Waals surface area contributed by atoms with Gasteiger partial charge in [-0.05, 0) is 56.6 Å². The highest BCUT2D eigenvalue weighted by atomic mass is 16.5. The Morgan fingerprint density at radius 1 is 1.19 bits per heavy atom. The molecule has 3 aliphatic rings. The van der Waals surface area contributed by atoms with Crippen LogP contribution in [-0.2, 0) is 17.8 Å². The van der Waals surface area contributed by atoms with Crippen molar-refractivity contribution in [3.05, 3.63) is 46.7 Å². The third-order valence-corrected chi connectivity index (χ3v) is 7.06. The Balaban J connectivity index is 1.30. The molecular weight excluding hydrogens is 406 g/mol. The molecule has 8 nitrogen and oxygen atoms in total. The van der Waals surface area contributed by atoms with Crippen LogP contribution in [0.1, 0.15) is 71.5 Å². The van der Waals surface area contributed by atoms with Crippen LogP contribution in [0.3, 0.4) is 0 Å². The molecule has 0 bridgehead atoms. The lowest BCUT2D eigenvalue weighted by molar-refractivity contribution is 0.0750. The van der Waals surface area contributed by atoms with Crippen LogP contribution in [0.25, 0.3) is 11.1 Å². The van der Waals surface area contributed by atoms with Crippen molar-refractivity contribution in [1.82, 2.24) is 19.9 Å². The van der Waals surface area contributed by atoms with Crippen LogP contribution in [0.4, 0.5) is 5.82 Å². The van der Waals surface area contributed by atoms with Gasteiger partial charge in [0.05, 0.1) is 23.2 Å². The summed E-state index contributed by atoms with van der Waals surface area (Å²) in [6.07, 6.45) is 7.69. The summed E-state index contributed by atoms with van der Waals surface area (Å²) < 4.78 is 11.4. The summed E-state index contributed by atoms with van der Waals surface area (Å²) in [6, 6.07) is 2.23. The number of carbonyl (C=O) groups is 1. The number of carbonyl (C=O) groups excluding carboxylic acids is 1. The number of hydrogen-bond acceptors (Lipinski definition) is 7. The van der Waals surface area contributed by atoms with Crippen LogP contribution in [0.5, 0.6) is 0 Å². The van der Waals surface area contributed by atoms with Crippen molar-refractivity contribution in [2.24, 2.45) is 0 Å². The lowest BCUT2D eigenvalue weighted by Gasteiger charge is -2.22. The van der Waals surface area contributed by atoms with Gasteiger partial charge in [0.15, 0.2) is 0 Å². The predicted molar refractivity (Wildman–Crippen MR) is 118 cm³/mol. The number of nitrogens with zero attached hydrogens (tertiary/aromatic N) is 4. The molecule has 32 heavy (non-hydrogen) atoms. The molecule has 0 radical (unpaired) electrons. The first-order valence-corrected chi connectivity index (χ1v) is 11.4. The molecule has 0 aromatic carbocycles. The molecule has 6 rings (SSSR count). The third-order valence-electron chi connectivity index (χ3n) is 7.06. The van der Waals surface area contributed by atoms with Crippen LogP contribution in [0.15, 0.2) is 23.0 Å². The first kappa shape index (κ1) is 19.7. The maximum Gasteiger partial charge on any atom is 0.258 e. The molecule has 5 heterocycles. The summed E-state index contributed by atoms with van der Waals surface area (Å²) in [6.45, 7) is 6.64. The standard InChI is InChI=1S/C24H27N5O3/c1-14-19(20-21(28-24(2)5-6-24)26-13-27-22(20)32-14)23(30)29-11-17-9-16(10-25-18(17)12-29)15-3-7-31-8-4-15/h9-10,13,15H,3-8,11-12H2,1-2H3,(H,26,27,28). The highest BCUT2D eigenvalue weighted by Crippen LogP contribution is 2.41. The van der Waals surface area contributed by atoms with E-state index in [1.165, 1.54) is 11.9 Å². The lowest BCUT2D eigenvalue weighted by atomic mass is 9.92. The molecule has 8 heteroatoms. The zero-order valence-electron chi connectivity index (χ0n) is 18.5. The Bertz CT molecular complexity index is 1210. The van der Waals surface area contributed by atoms with Gasteiger partial charge >= 0.3 is 0 Å². The van der Waals surface area contributed by atoms with E-state index in [9.17, 15) is 4.79 Å². The van der Waals surface area contributed by atoms with Crippen molar-refractivity contribution >= 4 is 22.8 Å². The van der Waals surface area contributed by atoms with Crippen molar-refractivity contribution in [2.75, 3.05) is 18.5 Å². The first-order chi connectivity index (χ1) is 15.5. The number of rotatable bonds is 4. The number of fused-ring (bicyclic) bond motifs is 2. The zero-order valence-corrected chi connectivity index (χ0v) is 18.5. The fraction of sp³-hybridized carbons (Fsp3) is 0.500. The van der Waals surface area contributed by atoms with Gasteiger partial charge in [-0.1, -0.05) is 6.07 Å². The van der Waals surface area contributed by atoms with Crippen molar-refractivity contribution < 1.29 is 13.9 Å². The van der Waals surface area contributed by atoms with Gasteiger partial charge in [-0.2, -0.15) is 0 Å². The molecule has 0 atom stereocenters. The van der Waals surface area contributed by atoms with Gasteiger partial charge in [0.25, 0.3) is 5.91 Å². The molecule has 0 spiro atoms.